The van der Waals surface area contributed by atoms with Crippen LogP contribution in [-0.4, -0.2) is 69.0 Å². The Morgan fingerprint density at radius 1 is 0.818 bits per heavy atom. The van der Waals surface area contributed by atoms with Crippen LogP contribution in [0, 0.1) is 19.3 Å². The number of ether oxygens (including phenoxy) is 3. The van der Waals surface area contributed by atoms with Crippen molar-refractivity contribution < 1.29 is 23.8 Å². The smallest absolute Gasteiger partial charge is 0.223 e. The first-order valence-electron chi connectivity index (χ1n) is 15.5. The summed E-state index contributed by atoms with van der Waals surface area (Å²) < 4.78 is 16.6. The maximum absolute atomic E-state index is 13.3. The molecule has 1 fully saturated rings. The van der Waals surface area contributed by atoms with E-state index in [0.29, 0.717) is 49.7 Å². The third-order valence-electron chi connectivity index (χ3n) is 8.48. The summed E-state index contributed by atoms with van der Waals surface area (Å²) in [6, 6.07) is 14.6. The van der Waals surface area contributed by atoms with E-state index in [2.05, 4.69) is 43.0 Å². The van der Waals surface area contributed by atoms with Crippen LogP contribution in [0.15, 0.2) is 42.5 Å². The van der Waals surface area contributed by atoms with Gasteiger partial charge >= 0.3 is 0 Å². The van der Waals surface area contributed by atoms with Crippen LogP contribution < -0.4 is 14.2 Å². The normalized spacial score (nSPS) is 14.0. The van der Waals surface area contributed by atoms with Crippen LogP contribution in [-0.2, 0) is 24.2 Å². The van der Waals surface area contributed by atoms with Gasteiger partial charge in [0.2, 0.25) is 11.7 Å². The second kappa shape index (κ2) is 15.1. The summed E-state index contributed by atoms with van der Waals surface area (Å²) in [5, 5.41) is 0. The Morgan fingerprint density at radius 2 is 1.55 bits per heavy atom. The Balaban J connectivity index is 1.24. The van der Waals surface area contributed by atoms with Gasteiger partial charge in [0.15, 0.2) is 17.3 Å². The van der Waals surface area contributed by atoms with Crippen LogP contribution in [0.4, 0.5) is 0 Å². The Hall–Kier alpha value is -3.36. The fourth-order valence-electron chi connectivity index (χ4n) is 5.97. The van der Waals surface area contributed by atoms with E-state index in [4.69, 9.17) is 14.2 Å². The van der Waals surface area contributed by atoms with Crippen LogP contribution in [0.1, 0.15) is 69.9 Å². The lowest BCUT2D eigenvalue weighted by atomic mass is 9.83. The van der Waals surface area contributed by atoms with Crippen molar-refractivity contribution in [1.29, 1.82) is 0 Å². The second-order valence-corrected chi connectivity index (χ2v) is 13.8. The lowest BCUT2D eigenvalue weighted by molar-refractivity contribution is -0.135. The highest BCUT2D eigenvalue weighted by molar-refractivity contribution is 7.14. The molecule has 0 N–H and O–H groups in total. The molecular formula is C36H48N2O5S. The Kier molecular flexibility index (Phi) is 11.5. The van der Waals surface area contributed by atoms with Crippen LogP contribution >= 0.6 is 11.3 Å². The van der Waals surface area contributed by atoms with Crippen molar-refractivity contribution in [1.82, 2.24) is 9.80 Å². The number of hydrogen-bond acceptors (Lipinski definition) is 7. The first-order chi connectivity index (χ1) is 21.0. The van der Waals surface area contributed by atoms with E-state index < -0.39 is 5.41 Å². The fraction of sp³-hybridized carbons (Fsp3) is 0.500. The number of thiophene rings is 1. The molecule has 44 heavy (non-hydrogen) atoms. The average molecular weight is 621 g/mol. The number of Topliss-reactive ketones (excluding diaryl/α,β-unsaturated/α-hetero) is 1. The molecule has 1 aliphatic rings. The number of nitrogens with zero attached hydrogens (tertiary/aromatic N) is 2. The van der Waals surface area contributed by atoms with Crippen molar-refractivity contribution >= 4 is 23.0 Å². The minimum Gasteiger partial charge on any atom is -0.493 e. The SMILES string of the molecule is COc1ccc(CN2CCN(C(=O)CC(C)(C)CC(=O)c3ccc(CCCc4cc(C)ccc4C)s3)CC2)c(OC)c1OC. The van der Waals surface area contributed by atoms with Gasteiger partial charge < -0.3 is 19.1 Å². The number of piperazine rings is 1. The minimum atomic E-state index is -0.412. The van der Waals surface area contributed by atoms with Gasteiger partial charge in [-0.2, -0.15) is 0 Å². The molecule has 1 aromatic heterocycles. The van der Waals surface area contributed by atoms with Gasteiger partial charge in [0.05, 0.1) is 26.2 Å². The van der Waals surface area contributed by atoms with E-state index in [1.165, 1.54) is 21.6 Å². The average Bonchev–Trinajstić information content (AvgIpc) is 3.47. The highest BCUT2D eigenvalue weighted by Crippen LogP contribution is 2.40. The van der Waals surface area contributed by atoms with Gasteiger partial charge in [-0.05, 0) is 67.9 Å². The Bertz CT molecular complexity index is 1440. The summed E-state index contributed by atoms with van der Waals surface area (Å²) in [7, 11) is 4.85. The second-order valence-electron chi connectivity index (χ2n) is 12.6. The van der Waals surface area contributed by atoms with Gasteiger partial charge in [-0.3, -0.25) is 14.5 Å². The topological polar surface area (TPSA) is 68.3 Å². The summed E-state index contributed by atoms with van der Waals surface area (Å²) in [4.78, 5) is 32.8. The number of rotatable bonds is 14. The predicted octanol–water partition coefficient (Wildman–Crippen LogP) is 6.90. The lowest BCUT2D eigenvalue weighted by Gasteiger charge is -2.36. The third-order valence-corrected chi connectivity index (χ3v) is 9.67. The molecule has 4 rings (SSSR count). The molecule has 0 radical (unpaired) electrons. The molecule has 2 heterocycles. The highest BCUT2D eigenvalue weighted by Gasteiger charge is 2.30. The third kappa shape index (κ3) is 8.63. The summed E-state index contributed by atoms with van der Waals surface area (Å²) in [6.07, 6.45) is 3.80. The first-order valence-corrected chi connectivity index (χ1v) is 16.3. The summed E-state index contributed by atoms with van der Waals surface area (Å²) in [5.74, 6) is 2.14. The molecule has 2 aromatic carbocycles. The maximum Gasteiger partial charge on any atom is 0.223 e. The van der Waals surface area contributed by atoms with Gasteiger partial charge in [-0.25, -0.2) is 0 Å². The minimum absolute atomic E-state index is 0.115. The monoisotopic (exact) mass is 620 g/mol. The zero-order valence-corrected chi connectivity index (χ0v) is 28.3. The van der Waals surface area contributed by atoms with Crippen LogP contribution in [0.2, 0.25) is 0 Å². The largest absolute Gasteiger partial charge is 0.493 e. The summed E-state index contributed by atoms with van der Waals surface area (Å²) in [5.41, 5.74) is 4.65. The maximum atomic E-state index is 13.3. The molecule has 0 saturated carbocycles. The molecule has 7 nitrogen and oxygen atoms in total. The van der Waals surface area contributed by atoms with E-state index in [1.54, 1.807) is 32.7 Å². The molecule has 8 heteroatoms. The van der Waals surface area contributed by atoms with Gasteiger partial charge in [-0.15, -0.1) is 11.3 Å². The first kappa shape index (κ1) is 33.5. The van der Waals surface area contributed by atoms with Crippen molar-refractivity contribution in [2.45, 2.75) is 66.3 Å². The van der Waals surface area contributed by atoms with Crippen LogP contribution in [0.5, 0.6) is 17.2 Å². The van der Waals surface area contributed by atoms with Crippen molar-refractivity contribution in [3.05, 3.63) is 74.5 Å². The molecule has 1 aliphatic heterocycles. The molecule has 238 valence electrons. The molecule has 0 bridgehead atoms. The summed E-state index contributed by atoms with van der Waals surface area (Å²) in [6.45, 7) is 11.9. The molecule has 1 amide bonds. The highest BCUT2D eigenvalue weighted by atomic mass is 32.1. The van der Waals surface area contributed by atoms with Crippen LogP contribution in [0.3, 0.4) is 0 Å². The van der Waals surface area contributed by atoms with Gasteiger partial charge in [-0.1, -0.05) is 43.7 Å². The van der Waals surface area contributed by atoms with Gasteiger partial charge in [0.25, 0.3) is 0 Å². The quantitative estimate of drug-likeness (QED) is 0.183. The van der Waals surface area contributed by atoms with Gasteiger partial charge in [0.1, 0.15) is 0 Å². The number of carbonyl (C=O) groups is 2. The summed E-state index contributed by atoms with van der Waals surface area (Å²) >= 11 is 1.60. The van der Waals surface area contributed by atoms with Gasteiger partial charge in [0, 0.05) is 56.0 Å². The number of methoxy groups -OCH3 is 3. The Labute approximate surface area is 267 Å². The number of ketones is 1. The van der Waals surface area contributed by atoms with E-state index in [1.807, 2.05) is 36.9 Å². The number of hydrogen-bond donors (Lipinski definition) is 0. The van der Waals surface area contributed by atoms with Crippen molar-refractivity contribution in [3.8, 4) is 17.2 Å². The molecule has 0 spiro atoms. The number of amides is 1. The fourth-order valence-corrected chi connectivity index (χ4v) is 6.96. The zero-order valence-electron chi connectivity index (χ0n) is 27.5. The Morgan fingerprint density at radius 3 is 2.23 bits per heavy atom. The van der Waals surface area contributed by atoms with Crippen molar-refractivity contribution in [2.75, 3.05) is 47.5 Å². The predicted molar refractivity (Wildman–Crippen MR) is 178 cm³/mol. The molecule has 0 atom stereocenters. The van der Waals surface area contributed by atoms with Crippen molar-refractivity contribution in [2.24, 2.45) is 5.41 Å². The van der Waals surface area contributed by atoms with Crippen molar-refractivity contribution in [3.63, 3.8) is 0 Å². The van der Waals surface area contributed by atoms with E-state index in [9.17, 15) is 9.59 Å². The molecule has 1 saturated heterocycles. The molecular weight excluding hydrogens is 572 g/mol. The number of carbonyl (C=O) groups excluding carboxylic acids is 2. The number of benzene rings is 2. The molecule has 3 aromatic rings. The molecule has 0 aliphatic carbocycles. The standard InChI is InChI=1S/C36H48N2O5S/c1-25-11-12-26(2)27(21-25)9-8-10-29-14-16-32(44-29)30(39)22-36(3,4)23-33(40)38-19-17-37(18-20-38)24-28-13-15-31(41-5)35(43-7)34(28)42-6/h11-16,21H,8-10,17-20,22-24H2,1-7H3. The molecule has 0 unspecified atom stereocenters. The zero-order chi connectivity index (χ0) is 31.9. The van der Waals surface area contributed by atoms with Crippen LogP contribution in [0.25, 0.3) is 0 Å². The van der Waals surface area contributed by atoms with E-state index in [0.717, 1.165) is 42.8 Å². The lowest BCUT2D eigenvalue weighted by Crippen LogP contribution is -2.49. The number of aryl methyl sites for hydroxylation is 4. The van der Waals surface area contributed by atoms with E-state index in [-0.39, 0.29) is 11.7 Å². The van der Waals surface area contributed by atoms with E-state index >= 15 is 0 Å².